The number of aryl methyl sites for hydroxylation is 2. The Bertz CT molecular complexity index is 445. The molecule has 20 heavy (non-hydrogen) atoms. The Balaban J connectivity index is 1.72. The summed E-state index contributed by atoms with van der Waals surface area (Å²) in [5.74, 6) is -0.0422. The van der Waals surface area contributed by atoms with Crippen molar-refractivity contribution >= 4 is 17.2 Å². The van der Waals surface area contributed by atoms with Crippen molar-refractivity contribution in [3.8, 4) is 0 Å². The summed E-state index contributed by atoms with van der Waals surface area (Å²) in [7, 11) is 0. The smallest absolute Gasteiger partial charge is 0.222 e. The number of nitrogens with zero attached hydrogens (tertiary/aromatic N) is 1. The van der Waals surface area contributed by atoms with E-state index >= 15 is 0 Å². The summed E-state index contributed by atoms with van der Waals surface area (Å²) in [4.78, 5) is 17.6. The molecule has 0 spiro atoms. The van der Waals surface area contributed by atoms with E-state index in [-0.39, 0.29) is 12.3 Å². The van der Waals surface area contributed by atoms with Crippen molar-refractivity contribution in [2.24, 2.45) is 0 Å². The molecule has 1 aromatic rings. The summed E-state index contributed by atoms with van der Waals surface area (Å²) < 4.78 is 0. The van der Waals surface area contributed by atoms with Gasteiger partial charge in [-0.3, -0.25) is 4.79 Å². The molecule has 0 atom stereocenters. The Kier molecular flexibility index (Phi) is 5.16. The standard InChI is InChI=1S/C15H24N2O2S/c1-11-12(2)20-14(17-11)6-9-16-13(18)10-15(19)7-4-3-5-8-15/h19H,3-10H2,1-2H3,(H,16,18). The maximum Gasteiger partial charge on any atom is 0.222 e. The zero-order valence-corrected chi connectivity index (χ0v) is 13.2. The van der Waals surface area contributed by atoms with E-state index in [1.165, 1.54) is 11.3 Å². The van der Waals surface area contributed by atoms with Gasteiger partial charge in [-0.25, -0.2) is 4.98 Å². The molecule has 1 aliphatic carbocycles. The van der Waals surface area contributed by atoms with Gasteiger partial charge in [-0.1, -0.05) is 19.3 Å². The van der Waals surface area contributed by atoms with Gasteiger partial charge in [0.2, 0.25) is 5.91 Å². The third kappa shape index (κ3) is 4.28. The van der Waals surface area contributed by atoms with E-state index in [0.29, 0.717) is 6.54 Å². The van der Waals surface area contributed by atoms with E-state index in [1.54, 1.807) is 11.3 Å². The maximum atomic E-state index is 11.9. The molecule has 1 aromatic heterocycles. The lowest BCUT2D eigenvalue weighted by Crippen LogP contribution is -2.38. The number of thiazole rings is 1. The first-order valence-corrected chi connectivity index (χ1v) is 8.22. The summed E-state index contributed by atoms with van der Waals surface area (Å²) in [6.45, 7) is 4.67. The number of aliphatic hydroxyl groups is 1. The van der Waals surface area contributed by atoms with Crippen LogP contribution in [-0.4, -0.2) is 28.1 Å². The number of nitrogens with one attached hydrogen (secondary N) is 1. The number of carbonyl (C=O) groups excluding carboxylic acids is 1. The summed E-state index contributed by atoms with van der Waals surface area (Å²) >= 11 is 1.69. The first-order valence-electron chi connectivity index (χ1n) is 7.40. The Labute approximate surface area is 124 Å². The highest BCUT2D eigenvalue weighted by molar-refractivity contribution is 7.11. The number of hydrogen-bond donors (Lipinski definition) is 2. The molecule has 0 radical (unpaired) electrons. The SMILES string of the molecule is Cc1nc(CCNC(=O)CC2(O)CCCCC2)sc1C. The second-order valence-electron chi connectivity index (χ2n) is 5.81. The van der Waals surface area contributed by atoms with Crippen molar-refractivity contribution in [1.29, 1.82) is 0 Å². The fraction of sp³-hybridized carbons (Fsp3) is 0.733. The Morgan fingerprint density at radius 2 is 2.05 bits per heavy atom. The maximum absolute atomic E-state index is 11.9. The van der Waals surface area contributed by atoms with E-state index < -0.39 is 5.60 Å². The van der Waals surface area contributed by atoms with Crippen LogP contribution in [0.15, 0.2) is 0 Å². The van der Waals surface area contributed by atoms with E-state index in [0.717, 1.165) is 42.8 Å². The highest BCUT2D eigenvalue weighted by atomic mass is 32.1. The first-order chi connectivity index (χ1) is 9.48. The number of carbonyl (C=O) groups is 1. The zero-order chi connectivity index (χ0) is 14.6. The van der Waals surface area contributed by atoms with Gasteiger partial charge in [-0.15, -0.1) is 11.3 Å². The van der Waals surface area contributed by atoms with Crippen LogP contribution < -0.4 is 5.32 Å². The highest BCUT2D eigenvalue weighted by Crippen LogP contribution is 2.30. The minimum absolute atomic E-state index is 0.0422. The molecule has 1 aliphatic rings. The van der Waals surface area contributed by atoms with Crippen LogP contribution in [0, 0.1) is 13.8 Å². The average Bonchev–Trinajstić information content (AvgIpc) is 2.69. The van der Waals surface area contributed by atoms with Crippen LogP contribution in [-0.2, 0) is 11.2 Å². The summed E-state index contributed by atoms with van der Waals surface area (Å²) in [5, 5.41) is 14.3. The fourth-order valence-corrected chi connectivity index (χ4v) is 3.64. The van der Waals surface area contributed by atoms with Gasteiger partial charge in [-0.05, 0) is 26.7 Å². The van der Waals surface area contributed by atoms with Gasteiger partial charge >= 0.3 is 0 Å². The average molecular weight is 296 g/mol. The van der Waals surface area contributed by atoms with Gasteiger partial charge in [0.25, 0.3) is 0 Å². The Morgan fingerprint density at radius 1 is 1.35 bits per heavy atom. The molecule has 5 heteroatoms. The van der Waals surface area contributed by atoms with Crippen LogP contribution in [0.5, 0.6) is 0 Å². The Morgan fingerprint density at radius 3 is 2.65 bits per heavy atom. The molecule has 1 heterocycles. The van der Waals surface area contributed by atoms with Crippen molar-refractivity contribution in [3.05, 3.63) is 15.6 Å². The second-order valence-corrected chi connectivity index (χ2v) is 7.10. The quantitative estimate of drug-likeness (QED) is 0.877. The molecule has 0 unspecified atom stereocenters. The predicted molar refractivity (Wildman–Crippen MR) is 81.0 cm³/mol. The molecule has 4 nitrogen and oxygen atoms in total. The van der Waals surface area contributed by atoms with E-state index in [2.05, 4.69) is 17.2 Å². The molecular formula is C15H24N2O2S. The van der Waals surface area contributed by atoms with E-state index in [4.69, 9.17) is 0 Å². The lowest BCUT2D eigenvalue weighted by Gasteiger charge is -2.31. The van der Waals surface area contributed by atoms with Gasteiger partial charge in [0.05, 0.1) is 22.7 Å². The van der Waals surface area contributed by atoms with Gasteiger partial charge in [0, 0.05) is 17.8 Å². The van der Waals surface area contributed by atoms with Gasteiger partial charge in [-0.2, -0.15) is 0 Å². The molecular weight excluding hydrogens is 272 g/mol. The van der Waals surface area contributed by atoms with Crippen molar-refractivity contribution in [2.45, 2.75) is 64.4 Å². The molecule has 0 bridgehead atoms. The topological polar surface area (TPSA) is 62.2 Å². The normalized spacial score (nSPS) is 17.9. The zero-order valence-electron chi connectivity index (χ0n) is 12.4. The van der Waals surface area contributed by atoms with Gasteiger partial charge in [0.1, 0.15) is 0 Å². The van der Waals surface area contributed by atoms with Crippen LogP contribution in [0.3, 0.4) is 0 Å². The fourth-order valence-electron chi connectivity index (χ4n) is 2.70. The summed E-state index contributed by atoms with van der Waals surface area (Å²) in [6.07, 6.45) is 5.75. The molecule has 0 saturated heterocycles. The van der Waals surface area contributed by atoms with Crippen molar-refractivity contribution in [2.75, 3.05) is 6.54 Å². The first kappa shape index (κ1) is 15.4. The molecule has 112 valence electrons. The van der Waals surface area contributed by atoms with Crippen LogP contribution in [0.25, 0.3) is 0 Å². The van der Waals surface area contributed by atoms with Crippen molar-refractivity contribution in [1.82, 2.24) is 10.3 Å². The molecule has 0 aromatic carbocycles. The summed E-state index contributed by atoms with van der Waals surface area (Å²) in [5.41, 5.74) is 0.310. The predicted octanol–water partition coefficient (Wildman–Crippen LogP) is 2.50. The molecule has 1 saturated carbocycles. The molecule has 2 N–H and O–H groups in total. The Hall–Kier alpha value is -0.940. The number of hydrogen-bond acceptors (Lipinski definition) is 4. The van der Waals surface area contributed by atoms with Gasteiger partial charge in [0.15, 0.2) is 0 Å². The summed E-state index contributed by atoms with van der Waals surface area (Å²) in [6, 6.07) is 0. The third-order valence-electron chi connectivity index (χ3n) is 4.01. The van der Waals surface area contributed by atoms with Crippen LogP contribution in [0.2, 0.25) is 0 Å². The van der Waals surface area contributed by atoms with E-state index in [1.807, 2.05) is 6.92 Å². The van der Waals surface area contributed by atoms with Crippen LogP contribution in [0.1, 0.15) is 54.1 Å². The van der Waals surface area contributed by atoms with Crippen LogP contribution in [0.4, 0.5) is 0 Å². The second kappa shape index (κ2) is 6.68. The largest absolute Gasteiger partial charge is 0.389 e. The number of rotatable bonds is 5. The highest BCUT2D eigenvalue weighted by Gasteiger charge is 2.31. The molecule has 0 aliphatic heterocycles. The molecule has 1 fully saturated rings. The number of amides is 1. The lowest BCUT2D eigenvalue weighted by atomic mass is 9.82. The minimum Gasteiger partial charge on any atom is -0.389 e. The van der Waals surface area contributed by atoms with Crippen molar-refractivity contribution < 1.29 is 9.90 Å². The van der Waals surface area contributed by atoms with Crippen LogP contribution >= 0.6 is 11.3 Å². The monoisotopic (exact) mass is 296 g/mol. The van der Waals surface area contributed by atoms with Crippen molar-refractivity contribution in [3.63, 3.8) is 0 Å². The molecule has 2 rings (SSSR count). The lowest BCUT2D eigenvalue weighted by molar-refractivity contribution is -0.127. The van der Waals surface area contributed by atoms with E-state index in [9.17, 15) is 9.90 Å². The minimum atomic E-state index is -0.767. The third-order valence-corrected chi connectivity index (χ3v) is 5.14. The number of aromatic nitrogens is 1. The van der Waals surface area contributed by atoms with Gasteiger partial charge < -0.3 is 10.4 Å². The molecule has 1 amide bonds.